The highest BCUT2D eigenvalue weighted by atomic mass is 32.2. The summed E-state index contributed by atoms with van der Waals surface area (Å²) in [7, 11) is -3.28. The summed E-state index contributed by atoms with van der Waals surface area (Å²) in [6, 6.07) is 0. The Kier molecular flexibility index (Phi) is 4.80. The van der Waals surface area contributed by atoms with Gasteiger partial charge in [0, 0.05) is 26.2 Å². The van der Waals surface area contributed by atoms with E-state index in [-0.39, 0.29) is 6.61 Å². The highest BCUT2D eigenvalue weighted by Gasteiger charge is 2.22. The van der Waals surface area contributed by atoms with Crippen LogP contribution in [-0.2, 0) is 10.2 Å². The molecule has 0 aliphatic carbocycles. The van der Waals surface area contributed by atoms with Gasteiger partial charge in [0.25, 0.3) is 10.2 Å². The van der Waals surface area contributed by atoms with Crippen molar-refractivity contribution in [3.63, 3.8) is 0 Å². The Morgan fingerprint density at radius 2 is 1.86 bits per heavy atom. The van der Waals surface area contributed by atoms with E-state index in [4.69, 9.17) is 5.11 Å². The van der Waals surface area contributed by atoms with Crippen molar-refractivity contribution in [3.05, 3.63) is 0 Å². The molecule has 0 atom stereocenters. The lowest BCUT2D eigenvalue weighted by molar-refractivity contribution is 0.287. The fraction of sp³-hybridized carbons (Fsp3) is 1.00. The minimum Gasteiger partial charge on any atom is -0.396 e. The van der Waals surface area contributed by atoms with Crippen LogP contribution in [0.2, 0.25) is 0 Å². The first-order valence-electron chi connectivity index (χ1n) is 5.02. The van der Waals surface area contributed by atoms with Gasteiger partial charge in [-0.15, -0.1) is 0 Å². The Hall–Kier alpha value is -0.170. The van der Waals surface area contributed by atoms with Crippen LogP contribution in [0, 0.1) is 0 Å². The molecule has 0 aromatic rings. The van der Waals surface area contributed by atoms with E-state index in [0.29, 0.717) is 26.1 Å². The van der Waals surface area contributed by atoms with Crippen molar-refractivity contribution in [1.82, 2.24) is 9.03 Å². The van der Waals surface area contributed by atoms with Gasteiger partial charge in [-0.3, -0.25) is 0 Å². The van der Waals surface area contributed by atoms with Crippen molar-refractivity contribution in [2.75, 3.05) is 26.2 Å². The van der Waals surface area contributed by atoms with Crippen LogP contribution < -0.4 is 4.72 Å². The quantitative estimate of drug-likeness (QED) is 0.627. The lowest BCUT2D eigenvalue weighted by Gasteiger charge is -2.25. The lowest BCUT2D eigenvalue weighted by atomic mass is 10.2. The number of nitrogens with zero attached hydrogens (tertiary/aromatic N) is 1. The third kappa shape index (κ3) is 3.53. The van der Waals surface area contributed by atoms with E-state index in [0.717, 1.165) is 19.3 Å². The largest absolute Gasteiger partial charge is 0.396 e. The average molecular weight is 222 g/mol. The first kappa shape index (κ1) is 11.9. The molecule has 1 fully saturated rings. The van der Waals surface area contributed by atoms with E-state index in [9.17, 15) is 8.42 Å². The van der Waals surface area contributed by atoms with Gasteiger partial charge in [-0.25, -0.2) is 4.72 Å². The molecule has 6 heteroatoms. The molecule has 0 amide bonds. The summed E-state index contributed by atoms with van der Waals surface area (Å²) in [6.45, 7) is 1.57. The molecule has 2 N–H and O–H groups in total. The van der Waals surface area contributed by atoms with E-state index in [1.54, 1.807) is 0 Å². The average Bonchev–Trinajstić information content (AvgIpc) is 2.19. The van der Waals surface area contributed by atoms with Crippen molar-refractivity contribution >= 4 is 10.2 Å². The normalized spacial score (nSPS) is 19.8. The second kappa shape index (κ2) is 5.65. The zero-order valence-corrected chi connectivity index (χ0v) is 9.09. The first-order chi connectivity index (χ1) is 6.67. The number of rotatable bonds is 5. The second-order valence-corrected chi connectivity index (χ2v) is 5.19. The Morgan fingerprint density at radius 3 is 2.43 bits per heavy atom. The van der Waals surface area contributed by atoms with Gasteiger partial charge < -0.3 is 5.11 Å². The van der Waals surface area contributed by atoms with Crippen LogP contribution in [-0.4, -0.2) is 44.1 Å². The summed E-state index contributed by atoms with van der Waals surface area (Å²) in [4.78, 5) is 0. The molecule has 0 aromatic carbocycles. The number of hydrogen-bond acceptors (Lipinski definition) is 3. The smallest absolute Gasteiger partial charge is 0.279 e. The minimum absolute atomic E-state index is 0.0164. The molecule has 84 valence electrons. The molecule has 14 heavy (non-hydrogen) atoms. The predicted molar refractivity (Wildman–Crippen MR) is 54.0 cm³/mol. The van der Waals surface area contributed by atoms with Gasteiger partial charge in [-0.05, 0) is 19.3 Å². The van der Waals surface area contributed by atoms with Crippen molar-refractivity contribution in [2.24, 2.45) is 0 Å². The second-order valence-electron chi connectivity index (χ2n) is 3.44. The molecule has 0 bridgehead atoms. The summed E-state index contributed by atoms with van der Waals surface area (Å²) >= 11 is 0. The lowest BCUT2D eigenvalue weighted by Crippen LogP contribution is -2.43. The zero-order chi connectivity index (χ0) is 10.4. The summed E-state index contributed by atoms with van der Waals surface area (Å²) in [5.41, 5.74) is 0. The molecule has 1 rings (SSSR count). The Balaban J connectivity index is 2.38. The Labute approximate surface area is 85.3 Å². The third-order valence-corrected chi connectivity index (χ3v) is 3.89. The topological polar surface area (TPSA) is 69.6 Å². The van der Waals surface area contributed by atoms with Crippen molar-refractivity contribution in [1.29, 1.82) is 0 Å². The number of nitrogens with one attached hydrogen (secondary N) is 1. The number of aliphatic hydroxyl groups is 1. The van der Waals surface area contributed by atoms with Crippen LogP contribution in [0.3, 0.4) is 0 Å². The minimum atomic E-state index is -3.28. The fourth-order valence-electron chi connectivity index (χ4n) is 1.48. The third-order valence-electron chi connectivity index (χ3n) is 2.27. The van der Waals surface area contributed by atoms with Crippen LogP contribution >= 0.6 is 0 Å². The first-order valence-corrected chi connectivity index (χ1v) is 6.46. The predicted octanol–water partition coefficient (Wildman–Crippen LogP) is -0.311. The maximum absolute atomic E-state index is 11.6. The molecule has 1 aliphatic heterocycles. The van der Waals surface area contributed by atoms with E-state index >= 15 is 0 Å². The van der Waals surface area contributed by atoms with E-state index in [1.165, 1.54) is 4.31 Å². The Bertz CT molecular complexity index is 247. The maximum atomic E-state index is 11.6. The molecule has 1 heterocycles. The van der Waals surface area contributed by atoms with E-state index in [2.05, 4.69) is 4.72 Å². The van der Waals surface area contributed by atoms with Crippen molar-refractivity contribution in [2.45, 2.75) is 25.7 Å². The molecular formula is C8H18N2O3S. The highest BCUT2D eigenvalue weighted by molar-refractivity contribution is 7.87. The molecule has 0 unspecified atom stereocenters. The molecule has 0 spiro atoms. The molecule has 0 aromatic heterocycles. The summed E-state index contributed by atoms with van der Waals surface area (Å²) in [5.74, 6) is 0. The number of aliphatic hydroxyl groups excluding tert-OH is 1. The van der Waals surface area contributed by atoms with Gasteiger partial charge in [0.1, 0.15) is 0 Å². The molecule has 0 saturated carbocycles. The molecule has 5 nitrogen and oxygen atoms in total. The number of hydrogen-bond donors (Lipinski definition) is 2. The van der Waals surface area contributed by atoms with Crippen LogP contribution in [0.5, 0.6) is 0 Å². The van der Waals surface area contributed by atoms with E-state index < -0.39 is 10.2 Å². The van der Waals surface area contributed by atoms with Crippen LogP contribution in [0.4, 0.5) is 0 Å². The molecule has 1 saturated heterocycles. The highest BCUT2D eigenvalue weighted by Crippen LogP contribution is 2.11. The van der Waals surface area contributed by atoms with Crippen molar-refractivity contribution < 1.29 is 13.5 Å². The van der Waals surface area contributed by atoms with Gasteiger partial charge in [0.15, 0.2) is 0 Å². The maximum Gasteiger partial charge on any atom is 0.279 e. The number of piperidine rings is 1. The van der Waals surface area contributed by atoms with Crippen molar-refractivity contribution in [3.8, 4) is 0 Å². The van der Waals surface area contributed by atoms with Crippen LogP contribution in [0.1, 0.15) is 25.7 Å². The fourth-order valence-corrected chi connectivity index (χ4v) is 2.80. The Morgan fingerprint density at radius 1 is 1.21 bits per heavy atom. The van der Waals surface area contributed by atoms with Gasteiger partial charge in [0.05, 0.1) is 0 Å². The van der Waals surface area contributed by atoms with Crippen LogP contribution in [0.25, 0.3) is 0 Å². The monoisotopic (exact) mass is 222 g/mol. The summed E-state index contributed by atoms with van der Waals surface area (Å²) < 4.78 is 27.1. The van der Waals surface area contributed by atoms with Gasteiger partial charge >= 0.3 is 0 Å². The molecule has 1 aliphatic rings. The summed E-state index contributed by atoms with van der Waals surface area (Å²) in [6.07, 6.45) is 3.47. The van der Waals surface area contributed by atoms with Gasteiger partial charge in [-0.2, -0.15) is 12.7 Å². The standard InChI is InChI=1S/C8H18N2O3S/c11-8-4-5-9-14(12,13)10-6-2-1-3-7-10/h9,11H,1-8H2. The summed E-state index contributed by atoms with van der Waals surface area (Å²) in [5, 5.41) is 8.53. The zero-order valence-electron chi connectivity index (χ0n) is 8.28. The van der Waals surface area contributed by atoms with Gasteiger partial charge in [-0.1, -0.05) is 6.42 Å². The SMILES string of the molecule is O=S(=O)(NCCCO)N1CCCCC1. The van der Waals surface area contributed by atoms with E-state index in [1.807, 2.05) is 0 Å². The van der Waals surface area contributed by atoms with Gasteiger partial charge in [0.2, 0.25) is 0 Å². The molecular weight excluding hydrogens is 204 g/mol. The van der Waals surface area contributed by atoms with Crippen LogP contribution in [0.15, 0.2) is 0 Å². The molecule has 0 radical (unpaired) electrons.